The molecule has 146 valence electrons. The second-order valence-electron chi connectivity index (χ2n) is 7.11. The third-order valence-electron chi connectivity index (χ3n) is 5.35. The molecule has 28 heavy (non-hydrogen) atoms. The second-order valence-corrected chi connectivity index (χ2v) is 7.11. The van der Waals surface area contributed by atoms with Crippen LogP contribution in [0.15, 0.2) is 34.9 Å². The zero-order valence-electron chi connectivity index (χ0n) is 15.8. The topological polar surface area (TPSA) is 108 Å². The number of carbonyl (C=O) groups is 1. The second kappa shape index (κ2) is 6.83. The summed E-state index contributed by atoms with van der Waals surface area (Å²) < 4.78 is 17.2. The molecule has 0 unspecified atom stereocenters. The van der Waals surface area contributed by atoms with Crippen LogP contribution in [0, 0.1) is 6.92 Å². The maximum absolute atomic E-state index is 12.1. The molecule has 1 saturated carbocycles. The molecule has 1 fully saturated rings. The summed E-state index contributed by atoms with van der Waals surface area (Å²) in [5.41, 5.74) is 7.65. The van der Waals surface area contributed by atoms with Gasteiger partial charge in [-0.2, -0.15) is 0 Å². The third-order valence-corrected chi connectivity index (χ3v) is 5.35. The number of aliphatic hydroxyl groups excluding tert-OH is 1. The van der Waals surface area contributed by atoms with Crippen molar-refractivity contribution >= 4 is 16.9 Å². The fourth-order valence-electron chi connectivity index (χ4n) is 3.74. The first-order valence-corrected chi connectivity index (χ1v) is 9.08. The van der Waals surface area contributed by atoms with Crippen molar-refractivity contribution in [3.05, 3.63) is 52.9 Å². The number of aliphatic hydroxyl groups is 1. The standard InChI is InChI=1S/C21H22N2O5/c1-12-16(19(22)25)17-14(28-12)5-6-15(18(17)21(11-24)7-8-21)27-10-13-4-3-9-23-20(13)26-2/h3-6,9,24H,7-8,10-11H2,1-2H3,(H2,22,25). The van der Waals surface area contributed by atoms with Crippen LogP contribution in [0.1, 0.15) is 40.1 Å². The van der Waals surface area contributed by atoms with E-state index in [1.807, 2.05) is 18.2 Å². The van der Waals surface area contributed by atoms with Gasteiger partial charge in [0.1, 0.15) is 23.7 Å². The van der Waals surface area contributed by atoms with E-state index in [9.17, 15) is 9.90 Å². The Kier molecular flexibility index (Phi) is 4.47. The highest BCUT2D eigenvalue weighted by Gasteiger charge is 2.48. The predicted octanol–water partition coefficient (Wildman–Crippen LogP) is 2.85. The van der Waals surface area contributed by atoms with Gasteiger partial charge in [0.15, 0.2) is 0 Å². The molecule has 0 radical (unpaired) electrons. The lowest BCUT2D eigenvalue weighted by Crippen LogP contribution is -2.17. The number of fused-ring (bicyclic) bond motifs is 1. The highest BCUT2D eigenvalue weighted by Crippen LogP contribution is 2.54. The summed E-state index contributed by atoms with van der Waals surface area (Å²) in [4.78, 5) is 16.3. The molecule has 7 heteroatoms. The summed E-state index contributed by atoms with van der Waals surface area (Å²) in [5.74, 6) is 0.986. The monoisotopic (exact) mass is 382 g/mol. The summed E-state index contributed by atoms with van der Waals surface area (Å²) in [5, 5.41) is 10.7. The molecular weight excluding hydrogens is 360 g/mol. The van der Waals surface area contributed by atoms with E-state index in [0.717, 1.165) is 24.0 Å². The fourth-order valence-corrected chi connectivity index (χ4v) is 3.74. The molecule has 1 amide bonds. The molecule has 0 atom stereocenters. The lowest BCUT2D eigenvalue weighted by atomic mass is 9.90. The summed E-state index contributed by atoms with van der Waals surface area (Å²) in [7, 11) is 1.56. The molecule has 1 aromatic carbocycles. The van der Waals surface area contributed by atoms with Crippen LogP contribution in [0.2, 0.25) is 0 Å². The lowest BCUT2D eigenvalue weighted by molar-refractivity contribution is 0.1000. The van der Waals surface area contributed by atoms with Crippen molar-refractivity contribution < 1.29 is 23.8 Å². The zero-order chi connectivity index (χ0) is 19.9. The minimum Gasteiger partial charge on any atom is -0.488 e. The molecule has 1 aliphatic carbocycles. The van der Waals surface area contributed by atoms with Gasteiger partial charge < -0.3 is 24.7 Å². The normalized spacial score (nSPS) is 14.8. The van der Waals surface area contributed by atoms with Gasteiger partial charge in [-0.15, -0.1) is 0 Å². The Hall–Kier alpha value is -3.06. The number of ether oxygens (including phenoxy) is 2. The number of furan rings is 1. The van der Waals surface area contributed by atoms with Crippen LogP contribution in [0.3, 0.4) is 0 Å². The number of carbonyl (C=O) groups excluding carboxylic acids is 1. The number of amides is 1. The first kappa shape index (κ1) is 18.3. The number of nitrogens with two attached hydrogens (primary N) is 1. The number of primary amides is 1. The molecule has 3 N–H and O–H groups in total. The minimum absolute atomic E-state index is 0.0406. The molecular formula is C21H22N2O5. The summed E-state index contributed by atoms with van der Waals surface area (Å²) in [6.07, 6.45) is 3.26. The van der Waals surface area contributed by atoms with E-state index in [-0.39, 0.29) is 13.2 Å². The SMILES string of the molecule is COc1ncccc1COc1ccc2oc(C)c(C(N)=O)c2c1C1(CO)CC1. The largest absolute Gasteiger partial charge is 0.488 e. The molecule has 4 rings (SSSR count). The van der Waals surface area contributed by atoms with Crippen LogP contribution in [0.25, 0.3) is 11.0 Å². The number of aromatic nitrogens is 1. The molecule has 7 nitrogen and oxygen atoms in total. The Labute approximate surface area is 162 Å². The van der Waals surface area contributed by atoms with Crippen LogP contribution < -0.4 is 15.2 Å². The van der Waals surface area contributed by atoms with Gasteiger partial charge in [0.25, 0.3) is 5.91 Å². The van der Waals surface area contributed by atoms with Crippen LogP contribution >= 0.6 is 0 Å². The lowest BCUT2D eigenvalue weighted by Gasteiger charge is -2.20. The predicted molar refractivity (Wildman–Crippen MR) is 103 cm³/mol. The van der Waals surface area contributed by atoms with E-state index < -0.39 is 11.3 Å². The molecule has 2 aromatic heterocycles. The van der Waals surface area contributed by atoms with E-state index in [0.29, 0.717) is 33.9 Å². The van der Waals surface area contributed by atoms with Crippen molar-refractivity contribution in [2.75, 3.05) is 13.7 Å². The Morgan fingerprint density at radius 3 is 2.79 bits per heavy atom. The van der Waals surface area contributed by atoms with Gasteiger partial charge >= 0.3 is 0 Å². The van der Waals surface area contributed by atoms with Crippen LogP contribution in [0.5, 0.6) is 11.6 Å². The van der Waals surface area contributed by atoms with Crippen LogP contribution in [-0.2, 0) is 12.0 Å². The maximum atomic E-state index is 12.1. The number of aryl methyl sites for hydroxylation is 1. The van der Waals surface area contributed by atoms with E-state index >= 15 is 0 Å². The highest BCUT2D eigenvalue weighted by atomic mass is 16.5. The number of nitrogens with zero attached hydrogens (tertiary/aromatic N) is 1. The van der Waals surface area contributed by atoms with Gasteiger partial charge in [-0.1, -0.05) is 0 Å². The van der Waals surface area contributed by atoms with Gasteiger partial charge in [0.05, 0.1) is 24.8 Å². The number of hydrogen-bond acceptors (Lipinski definition) is 6. The molecule has 0 spiro atoms. The summed E-state index contributed by atoms with van der Waals surface area (Å²) >= 11 is 0. The van der Waals surface area contributed by atoms with Crippen LogP contribution in [0.4, 0.5) is 0 Å². The first-order valence-electron chi connectivity index (χ1n) is 9.08. The van der Waals surface area contributed by atoms with Crippen molar-refractivity contribution in [3.63, 3.8) is 0 Å². The van der Waals surface area contributed by atoms with Crippen molar-refractivity contribution in [2.45, 2.75) is 31.8 Å². The van der Waals surface area contributed by atoms with Gasteiger partial charge in [-0.25, -0.2) is 4.98 Å². The number of benzene rings is 1. The number of pyridine rings is 1. The molecule has 0 saturated heterocycles. The van der Waals surface area contributed by atoms with Gasteiger partial charge in [-0.05, 0) is 44.0 Å². The Morgan fingerprint density at radius 2 is 2.14 bits per heavy atom. The number of methoxy groups -OCH3 is 1. The van der Waals surface area contributed by atoms with Crippen molar-refractivity contribution in [2.24, 2.45) is 5.73 Å². The van der Waals surface area contributed by atoms with E-state index in [1.54, 1.807) is 26.3 Å². The Balaban J connectivity index is 1.83. The maximum Gasteiger partial charge on any atom is 0.252 e. The quantitative estimate of drug-likeness (QED) is 0.651. The van der Waals surface area contributed by atoms with Gasteiger partial charge in [0.2, 0.25) is 5.88 Å². The van der Waals surface area contributed by atoms with Gasteiger partial charge in [0, 0.05) is 22.6 Å². The first-order chi connectivity index (χ1) is 13.5. The number of hydrogen-bond donors (Lipinski definition) is 2. The van der Waals surface area contributed by atoms with E-state index in [4.69, 9.17) is 19.6 Å². The third kappa shape index (κ3) is 2.88. The molecule has 2 heterocycles. The smallest absolute Gasteiger partial charge is 0.252 e. The number of rotatable bonds is 7. The van der Waals surface area contributed by atoms with Crippen molar-refractivity contribution in [1.29, 1.82) is 0 Å². The molecule has 0 aliphatic heterocycles. The Bertz CT molecular complexity index is 1050. The molecule has 3 aromatic rings. The highest BCUT2D eigenvalue weighted by molar-refractivity contribution is 6.08. The average Bonchev–Trinajstić information content (AvgIpc) is 3.41. The van der Waals surface area contributed by atoms with E-state index in [1.165, 1.54) is 0 Å². The minimum atomic E-state index is -0.558. The molecule has 0 bridgehead atoms. The van der Waals surface area contributed by atoms with Crippen molar-refractivity contribution in [1.82, 2.24) is 4.98 Å². The fraction of sp³-hybridized carbons (Fsp3) is 0.333. The summed E-state index contributed by atoms with van der Waals surface area (Å²) in [6.45, 7) is 1.91. The van der Waals surface area contributed by atoms with Crippen LogP contribution in [-0.4, -0.2) is 29.7 Å². The van der Waals surface area contributed by atoms with Crippen molar-refractivity contribution in [3.8, 4) is 11.6 Å². The Morgan fingerprint density at radius 1 is 1.36 bits per heavy atom. The zero-order valence-corrected chi connectivity index (χ0v) is 15.8. The van der Waals surface area contributed by atoms with E-state index in [2.05, 4.69) is 4.98 Å². The van der Waals surface area contributed by atoms with Gasteiger partial charge in [-0.3, -0.25) is 4.79 Å². The summed E-state index contributed by atoms with van der Waals surface area (Å²) in [6, 6.07) is 7.26. The average molecular weight is 382 g/mol. The molecule has 1 aliphatic rings.